The van der Waals surface area contributed by atoms with Crippen molar-refractivity contribution in [2.24, 2.45) is 0 Å². The molecule has 0 aromatic heterocycles. The molecule has 0 saturated heterocycles. The Bertz CT molecular complexity index is 794. The molecule has 0 aliphatic carbocycles. The standard InChI is InChI=1S/C40H86O5Si4/c1-12-21-30-46(31-22-13-2,32-23-14-3)43-48(35-26-17-6,36-27-18-7)45-49(37-28-19-8,38-29-20-9)44-47(33-24-15-4,34-25-16-5)42-40(41)39(10)11/h10,12-38H2,1-9,11H3. The molecule has 0 amide bonds. The zero-order valence-corrected chi connectivity index (χ0v) is 38.8. The van der Waals surface area contributed by atoms with Crippen LogP contribution in [0.15, 0.2) is 12.2 Å². The van der Waals surface area contributed by atoms with Crippen molar-refractivity contribution in [2.45, 2.75) is 239 Å². The van der Waals surface area contributed by atoms with Gasteiger partial charge in [-0.3, -0.25) is 0 Å². The minimum absolute atomic E-state index is 0.269. The van der Waals surface area contributed by atoms with Gasteiger partial charge in [-0.1, -0.05) is 184 Å². The molecule has 5 nitrogen and oxygen atoms in total. The summed E-state index contributed by atoms with van der Waals surface area (Å²) in [5.74, 6) is -0.269. The minimum Gasteiger partial charge on any atom is -0.491 e. The number of hydrogen-bond acceptors (Lipinski definition) is 5. The second-order valence-electron chi connectivity index (χ2n) is 15.3. The van der Waals surface area contributed by atoms with Crippen LogP contribution >= 0.6 is 0 Å². The Morgan fingerprint density at radius 1 is 0.408 bits per heavy atom. The molecule has 0 heterocycles. The minimum atomic E-state index is -2.98. The van der Waals surface area contributed by atoms with E-state index in [-0.39, 0.29) is 5.97 Å². The summed E-state index contributed by atoms with van der Waals surface area (Å²) >= 11 is 0. The molecule has 0 bridgehead atoms. The highest BCUT2D eigenvalue weighted by atomic mass is 28.5. The van der Waals surface area contributed by atoms with Crippen LogP contribution in [0, 0.1) is 0 Å². The number of carbonyl (C=O) groups excluding carboxylic acids is 1. The Balaban J connectivity index is 7.70. The van der Waals surface area contributed by atoms with Crippen LogP contribution in [0.4, 0.5) is 0 Å². The summed E-state index contributed by atoms with van der Waals surface area (Å²) in [5, 5.41) is 0. The largest absolute Gasteiger partial charge is 0.491 e. The molecule has 0 aromatic rings. The van der Waals surface area contributed by atoms with E-state index in [0.717, 1.165) is 113 Å². The van der Waals surface area contributed by atoms with Gasteiger partial charge in [-0.2, -0.15) is 0 Å². The maximum atomic E-state index is 13.5. The van der Waals surface area contributed by atoms with Crippen LogP contribution in [0.3, 0.4) is 0 Å². The summed E-state index contributed by atoms with van der Waals surface area (Å²) in [4.78, 5) is 13.5. The van der Waals surface area contributed by atoms with Gasteiger partial charge < -0.3 is 16.8 Å². The maximum Gasteiger partial charge on any atom is 0.393 e. The molecule has 0 rings (SSSR count). The average molecular weight is 759 g/mol. The first kappa shape index (κ1) is 49.0. The lowest BCUT2D eigenvalue weighted by molar-refractivity contribution is -0.132. The van der Waals surface area contributed by atoms with E-state index in [1.165, 1.54) is 56.7 Å². The zero-order valence-electron chi connectivity index (χ0n) is 34.8. The predicted molar refractivity (Wildman–Crippen MR) is 225 cm³/mol. The highest BCUT2D eigenvalue weighted by Gasteiger charge is 2.56. The lowest BCUT2D eigenvalue weighted by atomic mass is 10.4. The molecular formula is C40H86O5Si4. The lowest BCUT2D eigenvalue weighted by Gasteiger charge is -2.49. The van der Waals surface area contributed by atoms with Gasteiger partial charge in [0.1, 0.15) is 0 Å². The molecule has 0 fully saturated rings. The summed E-state index contributed by atoms with van der Waals surface area (Å²) in [6.45, 7) is 26.6. The molecule has 0 atom stereocenters. The molecular weight excluding hydrogens is 673 g/mol. The first-order valence-electron chi connectivity index (χ1n) is 21.5. The highest BCUT2D eigenvalue weighted by Crippen LogP contribution is 2.43. The van der Waals surface area contributed by atoms with Crippen LogP contribution in [0.2, 0.25) is 54.4 Å². The number of unbranched alkanes of at least 4 members (excludes halogenated alkanes) is 9. The Hall–Kier alpha value is -0.0425. The Labute approximate surface area is 311 Å². The van der Waals surface area contributed by atoms with E-state index in [4.69, 9.17) is 16.8 Å². The van der Waals surface area contributed by atoms with E-state index < -0.39 is 34.0 Å². The molecule has 0 spiro atoms. The highest BCUT2D eigenvalue weighted by molar-refractivity contribution is 6.91. The molecule has 0 saturated carbocycles. The summed E-state index contributed by atoms with van der Waals surface area (Å²) in [6.07, 6.45) is 20.6. The summed E-state index contributed by atoms with van der Waals surface area (Å²) in [5.41, 5.74) is 0.472. The van der Waals surface area contributed by atoms with Gasteiger partial charge in [-0.15, -0.1) is 0 Å². The second-order valence-corrected chi connectivity index (χ2v) is 30.3. The molecule has 9 heteroatoms. The molecule has 0 N–H and O–H groups in total. The first-order chi connectivity index (χ1) is 23.5. The van der Waals surface area contributed by atoms with Gasteiger partial charge in [-0.05, 0) is 49.2 Å². The van der Waals surface area contributed by atoms with E-state index in [0.29, 0.717) is 5.57 Å². The number of hydrogen-bond donors (Lipinski definition) is 0. The third kappa shape index (κ3) is 19.6. The molecule has 292 valence electrons. The number of carbonyl (C=O) groups is 1. The van der Waals surface area contributed by atoms with E-state index >= 15 is 0 Å². The van der Waals surface area contributed by atoms with Gasteiger partial charge in [-0.25, -0.2) is 4.79 Å². The predicted octanol–water partition coefficient (Wildman–Crippen LogP) is 14.6. The first-order valence-corrected chi connectivity index (χ1v) is 30.7. The van der Waals surface area contributed by atoms with Crippen LogP contribution in [-0.4, -0.2) is 40.0 Å². The average Bonchev–Trinajstić information content (AvgIpc) is 3.10. The Morgan fingerprint density at radius 2 is 0.653 bits per heavy atom. The summed E-state index contributed by atoms with van der Waals surface area (Å²) in [7, 11) is -10.7. The van der Waals surface area contributed by atoms with Crippen molar-refractivity contribution in [3.63, 3.8) is 0 Å². The van der Waals surface area contributed by atoms with E-state index in [1.54, 1.807) is 6.92 Å². The van der Waals surface area contributed by atoms with Crippen LogP contribution in [-0.2, 0) is 21.6 Å². The summed E-state index contributed by atoms with van der Waals surface area (Å²) < 4.78 is 30.9. The van der Waals surface area contributed by atoms with Gasteiger partial charge in [0.2, 0.25) is 0 Å². The van der Waals surface area contributed by atoms with Crippen LogP contribution in [0.5, 0.6) is 0 Å². The van der Waals surface area contributed by atoms with Gasteiger partial charge in [0.15, 0.2) is 8.32 Å². The van der Waals surface area contributed by atoms with Crippen molar-refractivity contribution in [1.29, 1.82) is 0 Å². The van der Waals surface area contributed by atoms with Crippen molar-refractivity contribution < 1.29 is 21.6 Å². The van der Waals surface area contributed by atoms with Crippen molar-refractivity contribution in [3.05, 3.63) is 12.2 Å². The molecule has 0 aliphatic rings. The van der Waals surface area contributed by atoms with E-state index in [9.17, 15) is 4.79 Å². The smallest absolute Gasteiger partial charge is 0.393 e. The van der Waals surface area contributed by atoms with Crippen LogP contribution < -0.4 is 0 Å². The number of rotatable bonds is 35. The normalized spacial score (nSPS) is 12.9. The zero-order chi connectivity index (χ0) is 37.1. The summed E-state index contributed by atoms with van der Waals surface area (Å²) in [6, 6.07) is 9.59. The van der Waals surface area contributed by atoms with Gasteiger partial charge in [0.25, 0.3) is 0 Å². The molecule has 49 heavy (non-hydrogen) atoms. The molecule has 0 aromatic carbocycles. The topological polar surface area (TPSA) is 54.0 Å². The fourth-order valence-corrected chi connectivity index (χ4v) is 32.8. The van der Waals surface area contributed by atoms with E-state index in [1.807, 2.05) is 0 Å². The fraction of sp³-hybridized carbons (Fsp3) is 0.925. The third-order valence-electron chi connectivity index (χ3n) is 10.2. The quantitative estimate of drug-likeness (QED) is 0.0476. The Kier molecular flexibility index (Phi) is 28.4. The van der Waals surface area contributed by atoms with Crippen LogP contribution in [0.1, 0.15) is 185 Å². The fourth-order valence-electron chi connectivity index (χ4n) is 7.08. The molecule has 0 aliphatic heterocycles. The van der Waals surface area contributed by atoms with Gasteiger partial charge >= 0.3 is 31.7 Å². The Morgan fingerprint density at radius 3 is 0.939 bits per heavy atom. The van der Waals surface area contributed by atoms with Crippen molar-refractivity contribution >= 4 is 40.0 Å². The molecule has 0 radical (unpaired) electrons. The third-order valence-corrected chi connectivity index (χ3v) is 30.4. The SMILES string of the molecule is C=C(C)C(=O)O[Si](CCCC)(CCCC)O[Si](CCCC)(CCCC)O[Si](CCCC)(CCCC)O[Si](CCCC)(CCCC)CCCC. The monoisotopic (exact) mass is 759 g/mol. The maximum absolute atomic E-state index is 13.5. The van der Waals surface area contributed by atoms with Gasteiger partial charge in [0.05, 0.1) is 0 Å². The van der Waals surface area contributed by atoms with Crippen LogP contribution in [0.25, 0.3) is 0 Å². The molecule has 0 unspecified atom stereocenters. The van der Waals surface area contributed by atoms with E-state index in [2.05, 4.69) is 68.9 Å². The van der Waals surface area contributed by atoms with Crippen molar-refractivity contribution in [3.8, 4) is 0 Å². The second kappa shape index (κ2) is 28.5. The van der Waals surface area contributed by atoms with Gasteiger partial charge in [0, 0.05) is 17.7 Å². The van der Waals surface area contributed by atoms with Crippen molar-refractivity contribution in [2.75, 3.05) is 0 Å². The van der Waals surface area contributed by atoms with Crippen molar-refractivity contribution in [1.82, 2.24) is 0 Å². The lowest BCUT2D eigenvalue weighted by Crippen LogP contribution is -2.63.